The highest BCUT2D eigenvalue weighted by atomic mass is 16.5. The highest BCUT2D eigenvalue weighted by Crippen LogP contribution is 2.41. The van der Waals surface area contributed by atoms with Crippen LogP contribution in [-0.4, -0.2) is 56.2 Å². The van der Waals surface area contributed by atoms with Crippen molar-refractivity contribution in [3.63, 3.8) is 0 Å². The number of aliphatic hydroxyl groups is 1. The van der Waals surface area contributed by atoms with E-state index in [4.69, 9.17) is 14.2 Å². The Morgan fingerprint density at radius 3 is 2.41 bits per heavy atom. The molecule has 0 saturated heterocycles. The minimum absolute atomic E-state index is 0.125. The first-order valence-electron chi connectivity index (χ1n) is 8.86. The van der Waals surface area contributed by atoms with Gasteiger partial charge in [-0.05, 0) is 24.1 Å². The molecule has 0 radical (unpaired) electrons. The number of hydrogen-bond acceptors (Lipinski definition) is 6. The van der Waals surface area contributed by atoms with Gasteiger partial charge in [0.15, 0.2) is 23.0 Å². The smallest absolute Gasteiger partial charge is 0.290 e. The molecule has 1 aliphatic rings. The molecule has 1 N–H and O–H groups in total. The number of benzene rings is 1. The van der Waals surface area contributed by atoms with E-state index in [2.05, 4.69) is 0 Å². The fourth-order valence-corrected chi connectivity index (χ4v) is 3.20. The number of ether oxygens (including phenoxy) is 3. The lowest BCUT2D eigenvalue weighted by atomic mass is 9.91. The van der Waals surface area contributed by atoms with Gasteiger partial charge in [0.25, 0.3) is 5.91 Å². The van der Waals surface area contributed by atoms with E-state index < -0.39 is 17.7 Å². The summed E-state index contributed by atoms with van der Waals surface area (Å²) in [7, 11) is 4.64. The summed E-state index contributed by atoms with van der Waals surface area (Å²) in [4.78, 5) is 26.9. The highest BCUT2D eigenvalue weighted by Gasteiger charge is 2.43. The van der Waals surface area contributed by atoms with Crippen LogP contribution in [0, 0.1) is 5.92 Å². The van der Waals surface area contributed by atoms with Crippen LogP contribution in [0.25, 0.3) is 0 Å². The van der Waals surface area contributed by atoms with Crippen molar-refractivity contribution in [2.45, 2.75) is 26.3 Å². The summed E-state index contributed by atoms with van der Waals surface area (Å²) < 4.78 is 15.7. The molecule has 0 aliphatic carbocycles. The molecule has 1 heterocycles. The molecule has 1 aliphatic heterocycles. The van der Waals surface area contributed by atoms with E-state index in [0.29, 0.717) is 36.6 Å². The predicted octanol–water partition coefficient (Wildman–Crippen LogP) is 2.66. The maximum atomic E-state index is 12.8. The standard InChI is InChI=1S/C20H27NO6/c1-12(2)18(22)16-17(13-7-8-14(26-4)15(11-13)27-5)21(9-6-10-25-3)20(24)19(16)23/h7-8,11-12,17,23H,6,9-10H2,1-5H3. The van der Waals surface area contributed by atoms with Gasteiger partial charge in [-0.3, -0.25) is 9.59 Å². The summed E-state index contributed by atoms with van der Waals surface area (Å²) in [5.74, 6) is -0.601. The van der Waals surface area contributed by atoms with Crippen LogP contribution in [0.2, 0.25) is 0 Å². The maximum absolute atomic E-state index is 12.8. The summed E-state index contributed by atoms with van der Waals surface area (Å²) in [5, 5.41) is 10.4. The SMILES string of the molecule is COCCCN1C(=O)C(O)=C(C(=O)C(C)C)C1c1ccc(OC)c(OC)c1. The summed E-state index contributed by atoms with van der Waals surface area (Å²) in [6.45, 7) is 4.31. The number of amides is 1. The van der Waals surface area contributed by atoms with E-state index in [1.54, 1.807) is 39.2 Å². The molecule has 1 aromatic carbocycles. The molecule has 2 rings (SSSR count). The number of Topliss-reactive ketones (excluding diaryl/α,β-unsaturated/α-hetero) is 1. The van der Waals surface area contributed by atoms with E-state index in [1.165, 1.54) is 19.1 Å². The quantitative estimate of drug-likeness (QED) is 0.666. The molecule has 0 fully saturated rings. The van der Waals surface area contributed by atoms with Crippen LogP contribution in [0.3, 0.4) is 0 Å². The zero-order chi connectivity index (χ0) is 20.1. The van der Waals surface area contributed by atoms with Crippen molar-refractivity contribution in [2.24, 2.45) is 5.92 Å². The monoisotopic (exact) mass is 377 g/mol. The van der Waals surface area contributed by atoms with Gasteiger partial charge in [-0.25, -0.2) is 0 Å². The molecular formula is C20H27NO6. The Labute approximate surface area is 159 Å². The number of methoxy groups -OCH3 is 3. The van der Waals surface area contributed by atoms with Crippen LogP contribution >= 0.6 is 0 Å². The number of aliphatic hydroxyl groups excluding tert-OH is 1. The third kappa shape index (κ3) is 4.08. The molecule has 148 valence electrons. The molecule has 7 heteroatoms. The Kier molecular flexibility index (Phi) is 6.85. The van der Waals surface area contributed by atoms with Crippen molar-refractivity contribution in [3.05, 3.63) is 35.1 Å². The summed E-state index contributed by atoms with van der Waals surface area (Å²) in [6, 6.07) is 4.55. The van der Waals surface area contributed by atoms with Crippen LogP contribution in [0.1, 0.15) is 31.9 Å². The Morgan fingerprint density at radius 1 is 1.19 bits per heavy atom. The normalized spacial score (nSPS) is 17.0. The fraction of sp³-hybridized carbons (Fsp3) is 0.500. The van der Waals surface area contributed by atoms with Crippen LogP contribution in [0.5, 0.6) is 11.5 Å². The van der Waals surface area contributed by atoms with Gasteiger partial charge in [0.05, 0.1) is 25.8 Å². The van der Waals surface area contributed by atoms with E-state index in [-0.39, 0.29) is 17.3 Å². The van der Waals surface area contributed by atoms with Crippen molar-refractivity contribution in [3.8, 4) is 11.5 Å². The molecule has 0 aromatic heterocycles. The molecule has 1 unspecified atom stereocenters. The first-order valence-corrected chi connectivity index (χ1v) is 8.86. The van der Waals surface area contributed by atoms with Crippen molar-refractivity contribution >= 4 is 11.7 Å². The van der Waals surface area contributed by atoms with Gasteiger partial charge < -0.3 is 24.2 Å². The number of rotatable bonds is 9. The first kappa shape index (κ1) is 20.8. The third-order valence-electron chi connectivity index (χ3n) is 4.56. The molecule has 1 atom stereocenters. The third-order valence-corrected chi connectivity index (χ3v) is 4.56. The molecule has 1 amide bonds. The van der Waals surface area contributed by atoms with Gasteiger partial charge in [0.2, 0.25) is 0 Å². The average Bonchev–Trinajstić information content (AvgIpc) is 2.91. The summed E-state index contributed by atoms with van der Waals surface area (Å²) >= 11 is 0. The van der Waals surface area contributed by atoms with Gasteiger partial charge in [0.1, 0.15) is 0 Å². The summed E-state index contributed by atoms with van der Waals surface area (Å²) in [5.41, 5.74) is 0.797. The van der Waals surface area contributed by atoms with Gasteiger partial charge in [-0.15, -0.1) is 0 Å². The predicted molar refractivity (Wildman–Crippen MR) is 100.0 cm³/mol. The van der Waals surface area contributed by atoms with Gasteiger partial charge >= 0.3 is 0 Å². The number of carbonyl (C=O) groups excluding carboxylic acids is 2. The number of ketones is 1. The van der Waals surface area contributed by atoms with Crippen LogP contribution in [0.4, 0.5) is 0 Å². The Balaban J connectivity index is 2.53. The van der Waals surface area contributed by atoms with E-state index in [0.717, 1.165) is 0 Å². The lowest BCUT2D eigenvalue weighted by Crippen LogP contribution is -2.33. The molecule has 1 aromatic rings. The van der Waals surface area contributed by atoms with Crippen molar-refractivity contribution < 1.29 is 28.9 Å². The molecule has 0 spiro atoms. The zero-order valence-electron chi connectivity index (χ0n) is 16.4. The minimum atomic E-state index is -0.677. The van der Waals surface area contributed by atoms with E-state index in [9.17, 15) is 14.7 Å². The Bertz CT molecular complexity index is 740. The Hall–Kier alpha value is -2.54. The molecular weight excluding hydrogens is 350 g/mol. The second-order valence-electron chi connectivity index (χ2n) is 6.64. The number of nitrogens with zero attached hydrogens (tertiary/aromatic N) is 1. The second kappa shape index (κ2) is 8.90. The number of carbonyl (C=O) groups is 2. The largest absolute Gasteiger partial charge is 0.503 e. The molecule has 7 nitrogen and oxygen atoms in total. The topological polar surface area (TPSA) is 85.3 Å². The van der Waals surface area contributed by atoms with Crippen molar-refractivity contribution in [1.29, 1.82) is 0 Å². The van der Waals surface area contributed by atoms with Gasteiger partial charge in [-0.1, -0.05) is 19.9 Å². The van der Waals surface area contributed by atoms with E-state index >= 15 is 0 Å². The molecule has 27 heavy (non-hydrogen) atoms. The lowest BCUT2D eigenvalue weighted by molar-refractivity contribution is -0.129. The summed E-state index contributed by atoms with van der Waals surface area (Å²) in [6.07, 6.45) is 0.586. The van der Waals surface area contributed by atoms with Crippen molar-refractivity contribution in [1.82, 2.24) is 4.90 Å². The van der Waals surface area contributed by atoms with Gasteiger partial charge in [0, 0.05) is 26.2 Å². The number of hydrogen-bond donors (Lipinski definition) is 1. The van der Waals surface area contributed by atoms with Crippen LogP contribution < -0.4 is 9.47 Å². The highest BCUT2D eigenvalue weighted by molar-refractivity contribution is 6.09. The first-order chi connectivity index (χ1) is 12.9. The average molecular weight is 377 g/mol. The van der Waals surface area contributed by atoms with Crippen LogP contribution in [0.15, 0.2) is 29.5 Å². The van der Waals surface area contributed by atoms with Gasteiger partial charge in [-0.2, -0.15) is 0 Å². The van der Waals surface area contributed by atoms with Crippen LogP contribution in [-0.2, 0) is 14.3 Å². The molecule has 0 bridgehead atoms. The maximum Gasteiger partial charge on any atom is 0.290 e. The lowest BCUT2D eigenvalue weighted by Gasteiger charge is -2.27. The fourth-order valence-electron chi connectivity index (χ4n) is 3.20. The van der Waals surface area contributed by atoms with E-state index in [1.807, 2.05) is 0 Å². The Morgan fingerprint density at radius 2 is 1.85 bits per heavy atom. The molecule has 0 saturated carbocycles. The van der Waals surface area contributed by atoms with Crippen molar-refractivity contribution in [2.75, 3.05) is 34.5 Å². The zero-order valence-corrected chi connectivity index (χ0v) is 16.4. The minimum Gasteiger partial charge on any atom is -0.503 e. The second-order valence-corrected chi connectivity index (χ2v) is 6.64.